The highest BCUT2D eigenvalue weighted by molar-refractivity contribution is 7.99. The topological polar surface area (TPSA) is 92.8 Å². The van der Waals surface area contributed by atoms with Crippen molar-refractivity contribution in [2.24, 2.45) is 18.4 Å². The first-order valence-corrected chi connectivity index (χ1v) is 15.2. The third-order valence-electron chi connectivity index (χ3n) is 7.69. The number of carbonyl (C=O) groups is 1. The molecule has 2 aromatic heterocycles. The second-order valence-corrected chi connectivity index (χ2v) is 12.6. The quantitative estimate of drug-likeness (QED) is 0.207. The molecule has 7 nitrogen and oxygen atoms in total. The number of nitrogens with one attached hydrogen (secondary N) is 1. The van der Waals surface area contributed by atoms with E-state index in [9.17, 15) is 10.1 Å². The van der Waals surface area contributed by atoms with Crippen molar-refractivity contribution in [2.45, 2.75) is 71.4 Å². The molecule has 0 saturated heterocycles. The minimum atomic E-state index is -0.145. The predicted molar refractivity (Wildman–Crippen MR) is 155 cm³/mol. The molecule has 3 aromatic rings. The van der Waals surface area contributed by atoms with Gasteiger partial charge in [-0.2, -0.15) is 5.26 Å². The van der Waals surface area contributed by atoms with Crippen molar-refractivity contribution in [1.82, 2.24) is 14.8 Å². The molecule has 202 valence electrons. The highest BCUT2D eigenvalue weighted by Crippen LogP contribution is 2.45. The summed E-state index contributed by atoms with van der Waals surface area (Å²) in [5, 5.41) is 22.8. The molecule has 1 aliphatic rings. The van der Waals surface area contributed by atoms with Gasteiger partial charge in [-0.1, -0.05) is 52.3 Å². The van der Waals surface area contributed by atoms with Gasteiger partial charge in [0.2, 0.25) is 5.91 Å². The molecule has 2 heterocycles. The maximum absolute atomic E-state index is 12.9. The number of thioether (sulfide) groups is 1. The van der Waals surface area contributed by atoms with Crippen LogP contribution >= 0.6 is 23.1 Å². The Kier molecular flexibility index (Phi) is 9.16. The van der Waals surface area contributed by atoms with Crippen LogP contribution in [0.4, 0.5) is 5.00 Å². The van der Waals surface area contributed by atoms with Gasteiger partial charge >= 0.3 is 0 Å². The van der Waals surface area contributed by atoms with E-state index in [0.717, 1.165) is 61.2 Å². The van der Waals surface area contributed by atoms with E-state index in [1.165, 1.54) is 16.6 Å². The van der Waals surface area contributed by atoms with Gasteiger partial charge in [0.05, 0.1) is 17.9 Å². The molecule has 0 fully saturated rings. The van der Waals surface area contributed by atoms with Crippen molar-refractivity contribution in [2.75, 3.05) is 17.7 Å². The van der Waals surface area contributed by atoms with Crippen LogP contribution in [-0.2, 0) is 24.7 Å². The number of aromatic nitrogens is 3. The highest BCUT2D eigenvalue weighted by Gasteiger charge is 2.34. The number of hydrogen-bond acceptors (Lipinski definition) is 7. The van der Waals surface area contributed by atoms with Crippen LogP contribution in [0.25, 0.3) is 11.4 Å². The van der Waals surface area contributed by atoms with Crippen LogP contribution in [0.15, 0.2) is 29.4 Å². The van der Waals surface area contributed by atoms with Crippen molar-refractivity contribution >= 4 is 34.0 Å². The van der Waals surface area contributed by atoms with Gasteiger partial charge in [-0.15, -0.1) is 21.5 Å². The molecule has 0 saturated carbocycles. The molecule has 9 heteroatoms. The van der Waals surface area contributed by atoms with Gasteiger partial charge in [-0.3, -0.25) is 4.79 Å². The molecule has 1 unspecified atom stereocenters. The number of ether oxygens (including phenoxy) is 1. The van der Waals surface area contributed by atoms with E-state index in [2.05, 4.69) is 49.3 Å². The molecule has 1 N–H and O–H groups in total. The predicted octanol–water partition coefficient (Wildman–Crippen LogP) is 6.87. The first-order valence-electron chi connectivity index (χ1n) is 13.4. The third kappa shape index (κ3) is 6.24. The number of thiophene rings is 1. The Hall–Kier alpha value is -2.83. The number of carbonyl (C=O) groups excluding carboxylic acids is 1. The zero-order valence-electron chi connectivity index (χ0n) is 23.0. The summed E-state index contributed by atoms with van der Waals surface area (Å²) in [5.41, 5.74) is 2.97. The van der Waals surface area contributed by atoms with Crippen molar-refractivity contribution in [3.63, 3.8) is 0 Å². The molecule has 4 rings (SSSR count). The summed E-state index contributed by atoms with van der Waals surface area (Å²) in [6.45, 7) is 9.76. The number of anilines is 1. The SMILES string of the molecule is CCCCOc1ccc(-c2nnc(SCC(=O)Nc3sc4c(c3C#N)CCC(C(C)(C)CC)C4)n2C)cc1. The molecule has 0 radical (unpaired) electrons. The maximum atomic E-state index is 12.9. The first kappa shape index (κ1) is 28.2. The Balaban J connectivity index is 1.37. The fourth-order valence-corrected chi connectivity index (χ4v) is 6.77. The molecule has 1 aliphatic carbocycles. The number of rotatable bonds is 11. The van der Waals surface area contributed by atoms with Crippen LogP contribution in [0.2, 0.25) is 0 Å². The lowest BCUT2D eigenvalue weighted by Gasteiger charge is -2.36. The number of hydrogen-bond donors (Lipinski definition) is 1. The van der Waals surface area contributed by atoms with Crippen LogP contribution in [0.3, 0.4) is 0 Å². The molecule has 0 bridgehead atoms. The van der Waals surface area contributed by atoms with E-state index in [1.807, 2.05) is 35.9 Å². The number of amides is 1. The Morgan fingerprint density at radius 3 is 2.74 bits per heavy atom. The summed E-state index contributed by atoms with van der Waals surface area (Å²) in [6.07, 6.45) is 6.24. The smallest absolute Gasteiger partial charge is 0.235 e. The molecular formula is C29H37N5O2S2. The summed E-state index contributed by atoms with van der Waals surface area (Å²) < 4.78 is 7.64. The van der Waals surface area contributed by atoms with E-state index >= 15 is 0 Å². The Morgan fingerprint density at radius 1 is 1.29 bits per heavy atom. The van der Waals surface area contributed by atoms with Crippen LogP contribution in [0, 0.1) is 22.7 Å². The molecule has 1 aromatic carbocycles. The Labute approximate surface area is 234 Å². The number of nitriles is 1. The second kappa shape index (κ2) is 12.4. The first-order chi connectivity index (χ1) is 18.3. The van der Waals surface area contributed by atoms with Crippen LogP contribution < -0.4 is 10.1 Å². The zero-order chi connectivity index (χ0) is 27.3. The fraction of sp³-hybridized carbons (Fsp3) is 0.517. The molecular weight excluding hydrogens is 514 g/mol. The van der Waals surface area contributed by atoms with Crippen molar-refractivity contribution in [3.8, 4) is 23.2 Å². The summed E-state index contributed by atoms with van der Waals surface area (Å²) in [6, 6.07) is 10.2. The lowest BCUT2D eigenvalue weighted by Crippen LogP contribution is -2.28. The monoisotopic (exact) mass is 551 g/mol. The van der Waals surface area contributed by atoms with Gasteiger partial charge < -0.3 is 14.6 Å². The van der Waals surface area contributed by atoms with Crippen LogP contribution in [-0.4, -0.2) is 33.0 Å². The van der Waals surface area contributed by atoms with E-state index in [0.29, 0.717) is 28.2 Å². The molecule has 1 amide bonds. The largest absolute Gasteiger partial charge is 0.494 e. The average Bonchev–Trinajstić information content (AvgIpc) is 3.46. The lowest BCUT2D eigenvalue weighted by atomic mass is 9.69. The summed E-state index contributed by atoms with van der Waals surface area (Å²) in [7, 11) is 1.90. The molecule has 1 atom stereocenters. The highest BCUT2D eigenvalue weighted by atomic mass is 32.2. The summed E-state index contributed by atoms with van der Waals surface area (Å²) >= 11 is 2.91. The van der Waals surface area contributed by atoms with Gasteiger partial charge in [0, 0.05) is 17.5 Å². The van der Waals surface area contributed by atoms with E-state index in [-0.39, 0.29) is 17.1 Å². The van der Waals surface area contributed by atoms with Gasteiger partial charge in [-0.25, -0.2) is 0 Å². The molecule has 0 spiro atoms. The van der Waals surface area contributed by atoms with Gasteiger partial charge in [0.1, 0.15) is 16.8 Å². The van der Waals surface area contributed by atoms with E-state index < -0.39 is 0 Å². The van der Waals surface area contributed by atoms with Gasteiger partial charge in [-0.05, 0) is 66.8 Å². The lowest BCUT2D eigenvalue weighted by molar-refractivity contribution is -0.113. The van der Waals surface area contributed by atoms with Crippen molar-refractivity contribution in [3.05, 3.63) is 40.3 Å². The zero-order valence-corrected chi connectivity index (χ0v) is 24.6. The van der Waals surface area contributed by atoms with Crippen LogP contribution in [0.5, 0.6) is 5.75 Å². The molecule has 0 aliphatic heterocycles. The number of unbranched alkanes of at least 4 members (excludes halogenated alkanes) is 1. The molecule has 38 heavy (non-hydrogen) atoms. The third-order valence-corrected chi connectivity index (χ3v) is 9.88. The normalized spacial score (nSPS) is 15.1. The average molecular weight is 552 g/mol. The minimum absolute atomic E-state index is 0.145. The van der Waals surface area contributed by atoms with E-state index in [1.54, 1.807) is 11.3 Å². The van der Waals surface area contributed by atoms with Gasteiger partial charge in [0.15, 0.2) is 11.0 Å². The summed E-state index contributed by atoms with van der Waals surface area (Å²) in [5.74, 6) is 2.21. The van der Waals surface area contributed by atoms with Crippen LogP contribution in [0.1, 0.15) is 69.4 Å². The minimum Gasteiger partial charge on any atom is -0.494 e. The standard InChI is InChI=1S/C29H37N5O2S2/c1-6-8-15-36-21-12-9-19(10-13-21)26-32-33-28(34(26)5)37-18-25(35)31-27-23(17-30)22-14-11-20(16-24(22)38-27)29(3,4)7-2/h9-10,12-13,20H,6-8,11,14-16,18H2,1-5H3,(H,31,35). The van der Waals surface area contributed by atoms with Crippen molar-refractivity contribution < 1.29 is 9.53 Å². The summed E-state index contributed by atoms with van der Waals surface area (Å²) in [4.78, 5) is 14.1. The maximum Gasteiger partial charge on any atom is 0.235 e. The van der Waals surface area contributed by atoms with Crippen molar-refractivity contribution in [1.29, 1.82) is 5.26 Å². The number of benzene rings is 1. The second-order valence-electron chi connectivity index (χ2n) is 10.5. The fourth-order valence-electron chi connectivity index (χ4n) is 4.77. The Morgan fingerprint density at radius 2 is 2.05 bits per heavy atom. The number of fused-ring (bicyclic) bond motifs is 1. The number of nitrogens with zero attached hydrogens (tertiary/aromatic N) is 4. The Bertz CT molecular complexity index is 1300. The van der Waals surface area contributed by atoms with E-state index in [4.69, 9.17) is 4.74 Å². The van der Waals surface area contributed by atoms with Gasteiger partial charge in [0.25, 0.3) is 0 Å².